The van der Waals surface area contributed by atoms with Crippen LogP contribution < -0.4 is 11.4 Å². The molecule has 0 aromatic carbocycles. The van der Waals surface area contributed by atoms with Crippen LogP contribution in [0.4, 0.5) is 5.95 Å². The van der Waals surface area contributed by atoms with Crippen LogP contribution in [0, 0.1) is 0 Å². The normalized spacial score (nSPS) is 11.3. The average molecular weight is 308 g/mol. The van der Waals surface area contributed by atoms with Crippen LogP contribution in [0.1, 0.15) is 11.8 Å². The van der Waals surface area contributed by atoms with Gasteiger partial charge in [-0.05, 0) is 24.2 Å². The minimum Gasteiger partial charge on any atom is -0.368 e. The number of rotatable bonds is 3. The van der Waals surface area contributed by atoms with Gasteiger partial charge in [0.2, 0.25) is 5.95 Å². The summed E-state index contributed by atoms with van der Waals surface area (Å²) in [5.41, 5.74) is 5.49. The molecule has 0 saturated carbocycles. The molecule has 0 bridgehead atoms. The Kier molecular flexibility index (Phi) is 3.22. The highest BCUT2D eigenvalue weighted by Gasteiger charge is 2.14. The van der Waals surface area contributed by atoms with Gasteiger partial charge < -0.3 is 5.73 Å². The predicted molar refractivity (Wildman–Crippen MR) is 79.2 cm³/mol. The molecule has 0 saturated heterocycles. The van der Waals surface area contributed by atoms with Crippen molar-refractivity contribution < 1.29 is 0 Å². The fourth-order valence-corrected chi connectivity index (χ4v) is 3.65. The summed E-state index contributed by atoms with van der Waals surface area (Å²) in [6.07, 6.45) is 0.936. The maximum absolute atomic E-state index is 11.4. The van der Waals surface area contributed by atoms with E-state index in [4.69, 9.17) is 5.73 Å². The standard InChI is InChI=1S/C11H12N6OS2/c1-3-5-4-6-7(19-5)13-9(12)14-8(6)20-11-16-15-10(18)17(11)2/h4H,3H2,1-2H3,(H,15,18)(H2,12,13,14). The quantitative estimate of drug-likeness (QED) is 0.709. The van der Waals surface area contributed by atoms with Crippen LogP contribution in [0.25, 0.3) is 10.2 Å². The first-order valence-electron chi connectivity index (χ1n) is 5.93. The second kappa shape index (κ2) is 4.91. The summed E-state index contributed by atoms with van der Waals surface area (Å²) in [7, 11) is 1.65. The second-order valence-corrected chi connectivity index (χ2v) is 6.22. The van der Waals surface area contributed by atoms with Gasteiger partial charge in [0.05, 0.1) is 0 Å². The molecule has 0 fully saturated rings. The SMILES string of the molecule is CCc1cc2c(Sc3n[nH]c(=O)n3C)nc(N)nc2s1. The molecule has 0 atom stereocenters. The number of hydrogen-bond donors (Lipinski definition) is 2. The van der Waals surface area contributed by atoms with E-state index in [1.165, 1.54) is 21.2 Å². The number of anilines is 1. The highest BCUT2D eigenvalue weighted by molar-refractivity contribution is 7.99. The number of aromatic nitrogens is 5. The fourth-order valence-electron chi connectivity index (χ4n) is 1.72. The number of H-pyrrole nitrogens is 1. The van der Waals surface area contributed by atoms with Crippen LogP contribution in [0.2, 0.25) is 0 Å². The molecule has 7 nitrogen and oxygen atoms in total. The van der Waals surface area contributed by atoms with Gasteiger partial charge in [0, 0.05) is 17.3 Å². The van der Waals surface area contributed by atoms with Gasteiger partial charge in [-0.1, -0.05) is 6.92 Å². The number of nitrogens with zero attached hydrogens (tertiary/aromatic N) is 4. The van der Waals surface area contributed by atoms with Gasteiger partial charge in [0.15, 0.2) is 5.16 Å². The first-order valence-corrected chi connectivity index (χ1v) is 7.57. The number of hydrogen-bond acceptors (Lipinski definition) is 7. The van der Waals surface area contributed by atoms with Crippen LogP contribution in [0.3, 0.4) is 0 Å². The molecule has 0 radical (unpaired) electrons. The van der Waals surface area contributed by atoms with Crippen LogP contribution in [0.15, 0.2) is 21.0 Å². The van der Waals surface area contributed by atoms with Crippen LogP contribution in [0.5, 0.6) is 0 Å². The van der Waals surface area contributed by atoms with Gasteiger partial charge in [0.25, 0.3) is 0 Å². The number of nitrogens with two attached hydrogens (primary N) is 1. The summed E-state index contributed by atoms with van der Waals surface area (Å²) in [5.74, 6) is 0.227. The molecule has 0 unspecified atom stereocenters. The molecular formula is C11H12N6OS2. The second-order valence-electron chi connectivity index (χ2n) is 4.14. The zero-order valence-electron chi connectivity index (χ0n) is 10.9. The summed E-state index contributed by atoms with van der Waals surface area (Å²) in [6.45, 7) is 2.09. The Bertz CT molecular complexity index is 833. The molecule has 3 N–H and O–H groups in total. The van der Waals surface area contributed by atoms with Crippen molar-refractivity contribution in [2.75, 3.05) is 5.73 Å². The third-order valence-corrected chi connectivity index (χ3v) is 5.03. The van der Waals surface area contributed by atoms with Crippen molar-refractivity contribution in [2.24, 2.45) is 7.05 Å². The molecule has 0 amide bonds. The van der Waals surface area contributed by atoms with E-state index >= 15 is 0 Å². The van der Waals surface area contributed by atoms with Gasteiger partial charge in [-0.25, -0.2) is 19.9 Å². The number of fused-ring (bicyclic) bond motifs is 1. The lowest BCUT2D eigenvalue weighted by atomic mass is 10.3. The zero-order chi connectivity index (χ0) is 14.3. The highest BCUT2D eigenvalue weighted by atomic mass is 32.2. The van der Waals surface area contributed by atoms with Crippen molar-refractivity contribution >= 4 is 39.3 Å². The van der Waals surface area contributed by atoms with E-state index in [2.05, 4.69) is 33.2 Å². The Hall–Kier alpha value is -1.87. The van der Waals surface area contributed by atoms with Crippen molar-refractivity contribution in [1.82, 2.24) is 24.7 Å². The number of nitrogen functional groups attached to an aromatic ring is 1. The van der Waals surface area contributed by atoms with Crippen molar-refractivity contribution in [3.05, 3.63) is 21.4 Å². The van der Waals surface area contributed by atoms with E-state index in [0.29, 0.717) is 10.2 Å². The number of aryl methyl sites for hydroxylation is 1. The Morgan fingerprint density at radius 1 is 1.50 bits per heavy atom. The van der Waals surface area contributed by atoms with Crippen molar-refractivity contribution in [3.8, 4) is 0 Å². The lowest BCUT2D eigenvalue weighted by molar-refractivity contribution is 0.765. The smallest absolute Gasteiger partial charge is 0.343 e. The summed E-state index contributed by atoms with van der Waals surface area (Å²) in [4.78, 5) is 22.0. The summed E-state index contributed by atoms with van der Waals surface area (Å²) < 4.78 is 1.43. The topological polar surface area (TPSA) is 102 Å². The Morgan fingerprint density at radius 2 is 2.30 bits per heavy atom. The van der Waals surface area contributed by atoms with Crippen molar-refractivity contribution in [2.45, 2.75) is 23.5 Å². The van der Waals surface area contributed by atoms with Crippen LogP contribution >= 0.6 is 23.1 Å². The largest absolute Gasteiger partial charge is 0.368 e. The van der Waals surface area contributed by atoms with E-state index in [1.807, 2.05) is 0 Å². The van der Waals surface area contributed by atoms with Gasteiger partial charge in [-0.2, -0.15) is 0 Å². The summed E-state index contributed by atoms with van der Waals surface area (Å²) >= 11 is 2.90. The highest BCUT2D eigenvalue weighted by Crippen LogP contribution is 2.34. The number of nitrogens with one attached hydrogen (secondary N) is 1. The summed E-state index contributed by atoms with van der Waals surface area (Å²) in [6, 6.07) is 2.06. The minimum absolute atomic E-state index is 0.227. The first-order chi connectivity index (χ1) is 9.58. The molecular weight excluding hydrogens is 296 g/mol. The molecule has 0 spiro atoms. The van der Waals surface area contributed by atoms with Crippen LogP contribution in [-0.2, 0) is 13.5 Å². The number of thiophene rings is 1. The Labute approximate surface area is 122 Å². The average Bonchev–Trinajstić information content (AvgIpc) is 2.96. The van der Waals surface area contributed by atoms with E-state index in [-0.39, 0.29) is 11.6 Å². The fraction of sp³-hybridized carbons (Fsp3) is 0.273. The van der Waals surface area contributed by atoms with Gasteiger partial charge in [0.1, 0.15) is 9.86 Å². The third kappa shape index (κ3) is 2.18. The molecule has 20 heavy (non-hydrogen) atoms. The molecule has 3 rings (SSSR count). The molecule has 0 aliphatic heterocycles. The maximum atomic E-state index is 11.4. The van der Waals surface area contributed by atoms with E-state index < -0.39 is 0 Å². The molecule has 9 heteroatoms. The van der Waals surface area contributed by atoms with Crippen LogP contribution in [-0.4, -0.2) is 24.7 Å². The van der Waals surface area contributed by atoms with E-state index in [0.717, 1.165) is 16.6 Å². The predicted octanol–water partition coefficient (Wildman–Crippen LogP) is 1.41. The van der Waals surface area contributed by atoms with Gasteiger partial charge >= 0.3 is 5.69 Å². The van der Waals surface area contributed by atoms with Crippen molar-refractivity contribution in [1.29, 1.82) is 0 Å². The molecule has 3 aromatic heterocycles. The lowest BCUT2D eigenvalue weighted by Gasteiger charge is -2.02. The Balaban J connectivity index is 2.12. The summed E-state index contributed by atoms with van der Waals surface area (Å²) in [5, 5.41) is 8.57. The number of aromatic amines is 1. The van der Waals surface area contributed by atoms with Gasteiger partial charge in [-0.15, -0.1) is 16.4 Å². The third-order valence-electron chi connectivity index (χ3n) is 2.80. The molecule has 0 aliphatic rings. The van der Waals surface area contributed by atoms with E-state index in [9.17, 15) is 4.79 Å². The van der Waals surface area contributed by atoms with E-state index in [1.54, 1.807) is 18.4 Å². The van der Waals surface area contributed by atoms with Crippen molar-refractivity contribution in [3.63, 3.8) is 0 Å². The molecule has 3 aromatic rings. The lowest BCUT2D eigenvalue weighted by Crippen LogP contribution is -2.12. The zero-order valence-corrected chi connectivity index (χ0v) is 12.5. The first kappa shape index (κ1) is 13.1. The van der Waals surface area contributed by atoms with Gasteiger partial charge in [-0.3, -0.25) is 4.57 Å². The Morgan fingerprint density at radius 3 is 2.95 bits per heavy atom. The molecule has 104 valence electrons. The molecule has 3 heterocycles. The molecule has 0 aliphatic carbocycles. The maximum Gasteiger partial charge on any atom is 0.343 e. The minimum atomic E-state index is -0.259. The monoisotopic (exact) mass is 308 g/mol.